The summed E-state index contributed by atoms with van der Waals surface area (Å²) in [6, 6.07) is 6.34. The van der Waals surface area contributed by atoms with Crippen molar-refractivity contribution >= 4 is 17.3 Å². The first-order valence-corrected chi connectivity index (χ1v) is 10.3. The Kier molecular flexibility index (Phi) is 4.87. The van der Waals surface area contributed by atoms with Crippen LogP contribution in [0.5, 0.6) is 0 Å². The normalized spacial score (nSPS) is 26.8. The van der Waals surface area contributed by atoms with Gasteiger partial charge in [-0.1, -0.05) is 6.07 Å². The lowest BCUT2D eigenvalue weighted by Crippen LogP contribution is -2.62. The molecular weight excluding hydrogens is 324 g/mol. The zero-order valence-corrected chi connectivity index (χ0v) is 15.9. The summed E-state index contributed by atoms with van der Waals surface area (Å²) in [7, 11) is 0. The third kappa shape index (κ3) is 3.09. The predicted molar refractivity (Wildman–Crippen MR) is 104 cm³/mol. The van der Waals surface area contributed by atoms with E-state index in [-0.39, 0.29) is 11.6 Å². The van der Waals surface area contributed by atoms with Crippen LogP contribution in [0.4, 0.5) is 5.69 Å². The van der Waals surface area contributed by atoms with Crippen LogP contribution in [0, 0.1) is 0 Å². The minimum Gasteiger partial charge on any atom is -0.358 e. The van der Waals surface area contributed by atoms with Gasteiger partial charge in [-0.05, 0) is 82.7 Å². The summed E-state index contributed by atoms with van der Waals surface area (Å²) >= 11 is 0. The highest BCUT2D eigenvalue weighted by molar-refractivity contribution is 5.99. The summed E-state index contributed by atoms with van der Waals surface area (Å²) in [5.41, 5.74) is 2.69. The summed E-state index contributed by atoms with van der Waals surface area (Å²) in [4.78, 5) is 30.1. The third-order valence-electron chi connectivity index (χ3n) is 6.63. The van der Waals surface area contributed by atoms with E-state index in [2.05, 4.69) is 28.0 Å². The third-order valence-corrected chi connectivity index (χ3v) is 6.63. The fourth-order valence-electron chi connectivity index (χ4n) is 5.15. The minimum atomic E-state index is -0.436. The van der Waals surface area contributed by atoms with Gasteiger partial charge < -0.3 is 9.80 Å². The van der Waals surface area contributed by atoms with E-state index < -0.39 is 5.54 Å². The fourth-order valence-corrected chi connectivity index (χ4v) is 5.15. The molecule has 0 saturated carbocycles. The summed E-state index contributed by atoms with van der Waals surface area (Å²) in [6.45, 7) is 5.70. The molecule has 26 heavy (non-hydrogen) atoms. The van der Waals surface area contributed by atoms with Gasteiger partial charge in [0.05, 0.1) is 0 Å². The molecule has 1 aliphatic carbocycles. The molecule has 3 aliphatic rings. The number of carbonyl (C=O) groups excluding carboxylic acids is 2. The molecule has 0 spiro atoms. The number of benzene rings is 1. The van der Waals surface area contributed by atoms with Crippen molar-refractivity contribution in [3.05, 3.63) is 29.3 Å². The maximum Gasteiger partial charge on any atom is 0.163 e. The summed E-state index contributed by atoms with van der Waals surface area (Å²) in [5.74, 6) is 0.534. The Morgan fingerprint density at radius 3 is 2.58 bits per heavy atom. The van der Waals surface area contributed by atoms with Gasteiger partial charge in [0.25, 0.3) is 0 Å². The number of carbonyl (C=O) groups is 2. The average Bonchev–Trinajstić information content (AvgIpc) is 3.15. The molecule has 4 heteroatoms. The Bertz CT molecular complexity index is 708. The molecule has 1 atom stereocenters. The molecule has 0 bridgehead atoms. The summed E-state index contributed by atoms with van der Waals surface area (Å²) in [6.07, 6.45) is 8.22. The second-order valence-corrected chi connectivity index (χ2v) is 8.30. The number of Topliss-reactive ketones (excluding diaryl/α,β-unsaturated/α-hetero) is 2. The molecule has 0 N–H and O–H groups in total. The van der Waals surface area contributed by atoms with E-state index in [4.69, 9.17) is 0 Å². The number of likely N-dealkylation sites (tertiary alicyclic amines) is 1. The predicted octanol–water partition coefficient (Wildman–Crippen LogP) is 3.62. The summed E-state index contributed by atoms with van der Waals surface area (Å²) < 4.78 is 0. The van der Waals surface area contributed by atoms with Crippen molar-refractivity contribution in [2.24, 2.45) is 0 Å². The summed E-state index contributed by atoms with van der Waals surface area (Å²) in [5, 5.41) is 0. The number of nitrogens with zero attached hydrogens (tertiary/aromatic N) is 2. The Balaban J connectivity index is 1.70. The average molecular weight is 354 g/mol. The van der Waals surface area contributed by atoms with E-state index in [0.29, 0.717) is 6.42 Å². The smallest absolute Gasteiger partial charge is 0.163 e. The van der Waals surface area contributed by atoms with E-state index in [1.54, 1.807) is 6.92 Å². The number of hydrogen-bond donors (Lipinski definition) is 0. The molecule has 0 radical (unpaired) electrons. The van der Waals surface area contributed by atoms with Crippen molar-refractivity contribution in [2.75, 3.05) is 31.1 Å². The highest BCUT2D eigenvalue weighted by atomic mass is 16.1. The second kappa shape index (κ2) is 7.15. The largest absolute Gasteiger partial charge is 0.358 e. The van der Waals surface area contributed by atoms with Gasteiger partial charge in [0, 0.05) is 30.8 Å². The maximum atomic E-state index is 12.9. The van der Waals surface area contributed by atoms with Gasteiger partial charge in [-0.3, -0.25) is 9.59 Å². The van der Waals surface area contributed by atoms with E-state index in [0.717, 1.165) is 69.5 Å². The van der Waals surface area contributed by atoms with E-state index >= 15 is 0 Å². The van der Waals surface area contributed by atoms with Crippen LogP contribution in [0.15, 0.2) is 18.2 Å². The zero-order valence-electron chi connectivity index (χ0n) is 15.9. The highest BCUT2D eigenvalue weighted by Gasteiger charge is 2.45. The quantitative estimate of drug-likeness (QED) is 0.828. The number of aryl methyl sites for hydroxylation is 1. The van der Waals surface area contributed by atoms with E-state index in [1.807, 2.05) is 0 Å². The van der Waals surface area contributed by atoms with E-state index in [9.17, 15) is 9.59 Å². The number of rotatable bonds is 4. The van der Waals surface area contributed by atoms with Crippen LogP contribution in [0.2, 0.25) is 0 Å². The number of fused-ring (bicyclic) bond motifs is 1. The molecular formula is C22H30N2O2. The van der Waals surface area contributed by atoms with Gasteiger partial charge >= 0.3 is 0 Å². The number of anilines is 1. The Morgan fingerprint density at radius 2 is 1.81 bits per heavy atom. The molecule has 2 heterocycles. The van der Waals surface area contributed by atoms with Crippen LogP contribution in [-0.4, -0.2) is 48.2 Å². The van der Waals surface area contributed by atoms with Crippen LogP contribution in [0.25, 0.3) is 0 Å². The first-order chi connectivity index (χ1) is 12.6. The van der Waals surface area contributed by atoms with Gasteiger partial charge in [0.1, 0.15) is 5.54 Å². The molecule has 1 aromatic carbocycles. The standard InChI is InChI=1S/C22H30N2O2/c1-17(25)22(16-23-12-4-5-13-23)11-2-3-14-24(22)19-10-9-18-7-6-8-21(26)20(18)15-19/h9-10,15H,2-8,11-14,16H2,1H3/t22-/m0/s1. The Labute approximate surface area is 156 Å². The Morgan fingerprint density at radius 1 is 1.04 bits per heavy atom. The van der Waals surface area contributed by atoms with Crippen LogP contribution >= 0.6 is 0 Å². The molecule has 2 fully saturated rings. The van der Waals surface area contributed by atoms with Crippen molar-refractivity contribution < 1.29 is 9.59 Å². The molecule has 2 saturated heterocycles. The lowest BCUT2D eigenvalue weighted by molar-refractivity contribution is -0.123. The minimum absolute atomic E-state index is 0.262. The number of ketones is 2. The maximum absolute atomic E-state index is 12.9. The van der Waals surface area contributed by atoms with Crippen molar-refractivity contribution in [1.29, 1.82) is 0 Å². The molecule has 0 aromatic heterocycles. The first-order valence-electron chi connectivity index (χ1n) is 10.3. The lowest BCUT2D eigenvalue weighted by atomic mass is 9.81. The van der Waals surface area contributed by atoms with Gasteiger partial charge in [0.15, 0.2) is 11.6 Å². The van der Waals surface area contributed by atoms with Crippen molar-refractivity contribution in [3.8, 4) is 0 Å². The van der Waals surface area contributed by atoms with Crippen molar-refractivity contribution in [2.45, 2.75) is 63.8 Å². The lowest BCUT2D eigenvalue weighted by Gasteiger charge is -2.49. The van der Waals surface area contributed by atoms with Crippen LogP contribution in [-0.2, 0) is 11.2 Å². The first kappa shape index (κ1) is 17.7. The zero-order chi connectivity index (χ0) is 18.1. The van der Waals surface area contributed by atoms with Gasteiger partial charge in [-0.2, -0.15) is 0 Å². The molecule has 4 rings (SSSR count). The van der Waals surface area contributed by atoms with Crippen LogP contribution < -0.4 is 4.90 Å². The van der Waals surface area contributed by atoms with E-state index in [1.165, 1.54) is 18.4 Å². The second-order valence-electron chi connectivity index (χ2n) is 8.30. The highest BCUT2D eigenvalue weighted by Crippen LogP contribution is 2.37. The molecule has 2 aliphatic heterocycles. The fraction of sp³-hybridized carbons (Fsp3) is 0.636. The molecule has 0 amide bonds. The van der Waals surface area contributed by atoms with Gasteiger partial charge in [0.2, 0.25) is 0 Å². The molecule has 0 unspecified atom stereocenters. The topological polar surface area (TPSA) is 40.6 Å². The SMILES string of the molecule is CC(=O)[C@@]1(CN2CCCC2)CCCCN1c1ccc2c(c1)C(=O)CCC2. The van der Waals surface area contributed by atoms with Crippen LogP contribution in [0.3, 0.4) is 0 Å². The van der Waals surface area contributed by atoms with Crippen molar-refractivity contribution in [3.63, 3.8) is 0 Å². The van der Waals surface area contributed by atoms with Crippen molar-refractivity contribution in [1.82, 2.24) is 4.90 Å². The van der Waals surface area contributed by atoms with Crippen LogP contribution in [0.1, 0.15) is 67.8 Å². The Hall–Kier alpha value is -1.68. The molecule has 1 aromatic rings. The molecule has 140 valence electrons. The number of piperidine rings is 1. The van der Waals surface area contributed by atoms with Gasteiger partial charge in [-0.15, -0.1) is 0 Å². The number of hydrogen-bond acceptors (Lipinski definition) is 4. The van der Waals surface area contributed by atoms with Gasteiger partial charge in [-0.25, -0.2) is 0 Å². The molecule has 4 nitrogen and oxygen atoms in total. The monoisotopic (exact) mass is 354 g/mol.